The normalized spacial score (nSPS) is 21.1. The summed E-state index contributed by atoms with van der Waals surface area (Å²) in [7, 11) is 0. The van der Waals surface area contributed by atoms with Gasteiger partial charge in [-0.05, 0) is 30.5 Å². The van der Waals surface area contributed by atoms with Crippen molar-refractivity contribution in [1.82, 2.24) is 0 Å². The summed E-state index contributed by atoms with van der Waals surface area (Å²) in [5.41, 5.74) is 1.21. The molecule has 1 aliphatic rings. The summed E-state index contributed by atoms with van der Waals surface area (Å²) in [5.74, 6) is 0. The van der Waals surface area contributed by atoms with Gasteiger partial charge in [0, 0.05) is 23.7 Å². The van der Waals surface area contributed by atoms with Crippen LogP contribution in [0.5, 0.6) is 0 Å². The van der Waals surface area contributed by atoms with Crippen LogP contribution in [0.2, 0.25) is 0 Å². The minimum Gasteiger partial charge on any atom is -0.394 e. The van der Waals surface area contributed by atoms with E-state index in [1.165, 1.54) is 10.6 Å². The molecule has 2 rings (SSSR count). The standard InChI is InChI=1S/C12H17NO2S/c1-16-12-4-2-10(3-5-12)13-6-7-15-11(8-13)9-14/h2-5,11,14H,6-9H2,1H3/t11-/m1/s1. The molecule has 0 radical (unpaired) electrons. The minimum atomic E-state index is -0.0472. The molecule has 1 aromatic rings. The van der Waals surface area contributed by atoms with E-state index in [1.54, 1.807) is 11.8 Å². The second-order valence-corrected chi connectivity index (χ2v) is 4.70. The number of anilines is 1. The average molecular weight is 239 g/mol. The van der Waals surface area contributed by atoms with Crippen molar-refractivity contribution in [2.75, 3.05) is 37.5 Å². The van der Waals surface area contributed by atoms with E-state index in [0.717, 1.165) is 13.1 Å². The number of thioether (sulfide) groups is 1. The number of aliphatic hydroxyl groups is 1. The molecular weight excluding hydrogens is 222 g/mol. The first-order valence-electron chi connectivity index (χ1n) is 5.45. The highest BCUT2D eigenvalue weighted by Crippen LogP contribution is 2.22. The third-order valence-corrected chi connectivity index (χ3v) is 3.52. The van der Waals surface area contributed by atoms with E-state index in [-0.39, 0.29) is 12.7 Å². The average Bonchev–Trinajstić information content (AvgIpc) is 2.39. The van der Waals surface area contributed by atoms with E-state index in [9.17, 15) is 0 Å². The van der Waals surface area contributed by atoms with Crippen LogP contribution in [0, 0.1) is 0 Å². The number of aliphatic hydroxyl groups excluding tert-OH is 1. The molecule has 0 saturated carbocycles. The molecule has 0 amide bonds. The predicted octanol–water partition coefficient (Wildman–Crippen LogP) is 1.61. The lowest BCUT2D eigenvalue weighted by molar-refractivity contribution is 0.00357. The number of ether oxygens (including phenoxy) is 1. The highest BCUT2D eigenvalue weighted by molar-refractivity contribution is 7.98. The molecule has 0 bridgehead atoms. The molecule has 1 heterocycles. The number of hydrogen-bond acceptors (Lipinski definition) is 4. The molecule has 3 nitrogen and oxygen atoms in total. The smallest absolute Gasteiger partial charge is 0.0980 e. The molecule has 0 spiro atoms. The predicted molar refractivity (Wildman–Crippen MR) is 67.3 cm³/mol. The van der Waals surface area contributed by atoms with Gasteiger partial charge in [0.25, 0.3) is 0 Å². The monoisotopic (exact) mass is 239 g/mol. The summed E-state index contributed by atoms with van der Waals surface area (Å²) in [4.78, 5) is 3.53. The fraction of sp³-hybridized carbons (Fsp3) is 0.500. The van der Waals surface area contributed by atoms with Crippen LogP contribution in [0.1, 0.15) is 0 Å². The number of rotatable bonds is 3. The third kappa shape index (κ3) is 2.70. The van der Waals surface area contributed by atoms with E-state index in [0.29, 0.717) is 6.61 Å². The Hall–Kier alpha value is -0.710. The molecule has 1 saturated heterocycles. The molecule has 1 atom stereocenters. The van der Waals surface area contributed by atoms with Gasteiger partial charge in [-0.25, -0.2) is 0 Å². The molecule has 1 aliphatic heterocycles. The molecule has 1 aromatic carbocycles. The summed E-state index contributed by atoms with van der Waals surface area (Å²) in [6.45, 7) is 2.46. The van der Waals surface area contributed by atoms with Crippen LogP contribution in [0.15, 0.2) is 29.2 Å². The van der Waals surface area contributed by atoms with Crippen molar-refractivity contribution in [3.05, 3.63) is 24.3 Å². The largest absolute Gasteiger partial charge is 0.394 e. The third-order valence-electron chi connectivity index (χ3n) is 2.78. The van der Waals surface area contributed by atoms with E-state index in [1.807, 2.05) is 0 Å². The first-order chi connectivity index (χ1) is 7.83. The Bertz CT molecular complexity index is 328. The first kappa shape index (κ1) is 11.8. The topological polar surface area (TPSA) is 32.7 Å². The molecular formula is C12H17NO2S. The zero-order valence-corrected chi connectivity index (χ0v) is 10.2. The first-order valence-corrected chi connectivity index (χ1v) is 6.67. The zero-order valence-electron chi connectivity index (χ0n) is 9.43. The van der Waals surface area contributed by atoms with Crippen LogP contribution < -0.4 is 4.90 Å². The van der Waals surface area contributed by atoms with Crippen molar-refractivity contribution in [1.29, 1.82) is 0 Å². The highest BCUT2D eigenvalue weighted by atomic mass is 32.2. The maximum absolute atomic E-state index is 9.08. The molecule has 88 valence electrons. The van der Waals surface area contributed by atoms with Gasteiger partial charge in [-0.1, -0.05) is 0 Å². The van der Waals surface area contributed by atoms with Crippen molar-refractivity contribution in [3.8, 4) is 0 Å². The Kier molecular flexibility index (Phi) is 4.09. The summed E-state index contributed by atoms with van der Waals surface area (Å²) < 4.78 is 5.43. The molecule has 0 unspecified atom stereocenters. The maximum atomic E-state index is 9.08. The van der Waals surface area contributed by atoms with Crippen molar-refractivity contribution in [2.24, 2.45) is 0 Å². The van der Waals surface area contributed by atoms with Gasteiger partial charge in [-0.3, -0.25) is 0 Å². The lowest BCUT2D eigenvalue weighted by Crippen LogP contribution is -2.44. The number of hydrogen-bond donors (Lipinski definition) is 1. The summed E-state index contributed by atoms with van der Waals surface area (Å²) >= 11 is 1.75. The second-order valence-electron chi connectivity index (χ2n) is 3.82. The van der Waals surface area contributed by atoms with Crippen LogP contribution in [-0.4, -0.2) is 43.8 Å². The van der Waals surface area contributed by atoms with Gasteiger partial charge in [-0.15, -0.1) is 11.8 Å². The van der Waals surface area contributed by atoms with Gasteiger partial charge < -0.3 is 14.7 Å². The summed E-state index contributed by atoms with van der Waals surface area (Å²) in [6, 6.07) is 8.52. The molecule has 4 heteroatoms. The van der Waals surface area contributed by atoms with Crippen molar-refractivity contribution < 1.29 is 9.84 Å². The fourth-order valence-electron chi connectivity index (χ4n) is 1.86. The highest BCUT2D eigenvalue weighted by Gasteiger charge is 2.19. The zero-order chi connectivity index (χ0) is 11.4. The van der Waals surface area contributed by atoms with Crippen LogP contribution in [-0.2, 0) is 4.74 Å². The van der Waals surface area contributed by atoms with Gasteiger partial charge in [0.1, 0.15) is 0 Å². The number of morpholine rings is 1. The minimum absolute atomic E-state index is 0.0472. The van der Waals surface area contributed by atoms with Gasteiger partial charge >= 0.3 is 0 Å². The lowest BCUT2D eigenvalue weighted by Gasteiger charge is -2.33. The van der Waals surface area contributed by atoms with Crippen LogP contribution in [0.3, 0.4) is 0 Å². The fourth-order valence-corrected chi connectivity index (χ4v) is 2.27. The quantitative estimate of drug-likeness (QED) is 0.812. The van der Waals surface area contributed by atoms with E-state index in [2.05, 4.69) is 35.4 Å². The Balaban J connectivity index is 2.05. The SMILES string of the molecule is CSc1ccc(N2CCO[C@@H](CO)C2)cc1. The van der Waals surface area contributed by atoms with Crippen LogP contribution >= 0.6 is 11.8 Å². The Morgan fingerprint density at radius 3 is 2.81 bits per heavy atom. The number of benzene rings is 1. The Labute approximate surface area is 100 Å². The molecule has 0 aliphatic carbocycles. The van der Waals surface area contributed by atoms with Crippen LogP contribution in [0.25, 0.3) is 0 Å². The van der Waals surface area contributed by atoms with E-state index < -0.39 is 0 Å². The molecule has 1 fully saturated rings. The second kappa shape index (κ2) is 5.57. The van der Waals surface area contributed by atoms with Gasteiger partial charge in [0.2, 0.25) is 0 Å². The van der Waals surface area contributed by atoms with Crippen molar-refractivity contribution in [3.63, 3.8) is 0 Å². The van der Waals surface area contributed by atoms with E-state index >= 15 is 0 Å². The van der Waals surface area contributed by atoms with Gasteiger partial charge in [-0.2, -0.15) is 0 Å². The molecule has 1 N–H and O–H groups in total. The number of nitrogens with zero attached hydrogens (tertiary/aromatic N) is 1. The van der Waals surface area contributed by atoms with Gasteiger partial charge in [0.15, 0.2) is 0 Å². The van der Waals surface area contributed by atoms with Crippen molar-refractivity contribution >= 4 is 17.4 Å². The van der Waals surface area contributed by atoms with Gasteiger partial charge in [0.05, 0.1) is 19.3 Å². The van der Waals surface area contributed by atoms with E-state index in [4.69, 9.17) is 9.84 Å². The Morgan fingerprint density at radius 1 is 1.44 bits per heavy atom. The Morgan fingerprint density at radius 2 is 2.19 bits per heavy atom. The summed E-state index contributed by atoms with van der Waals surface area (Å²) in [6.07, 6.45) is 2.03. The summed E-state index contributed by atoms with van der Waals surface area (Å²) in [5, 5.41) is 9.08. The molecule has 0 aromatic heterocycles. The van der Waals surface area contributed by atoms with Crippen LogP contribution in [0.4, 0.5) is 5.69 Å². The maximum Gasteiger partial charge on any atom is 0.0980 e. The van der Waals surface area contributed by atoms with Crippen molar-refractivity contribution in [2.45, 2.75) is 11.0 Å². The molecule has 16 heavy (non-hydrogen) atoms. The lowest BCUT2D eigenvalue weighted by atomic mass is 10.2.